The highest BCUT2D eigenvalue weighted by atomic mass is 32.2. The van der Waals surface area contributed by atoms with Crippen LogP contribution in [0.1, 0.15) is 0 Å². The van der Waals surface area contributed by atoms with Crippen molar-refractivity contribution in [3.63, 3.8) is 0 Å². The first-order valence-electron chi connectivity index (χ1n) is 8.16. The minimum absolute atomic E-state index is 0.0428. The fourth-order valence-corrected chi connectivity index (χ4v) is 3.31. The van der Waals surface area contributed by atoms with E-state index in [0.29, 0.717) is 22.2 Å². The van der Waals surface area contributed by atoms with Crippen molar-refractivity contribution in [3.05, 3.63) is 64.5 Å². The van der Waals surface area contributed by atoms with Crippen LogP contribution in [0.2, 0.25) is 0 Å². The van der Waals surface area contributed by atoms with Gasteiger partial charge in [-0.1, -0.05) is 23.9 Å². The topological polar surface area (TPSA) is 94.2 Å². The number of amides is 1. The fourth-order valence-electron chi connectivity index (χ4n) is 2.48. The summed E-state index contributed by atoms with van der Waals surface area (Å²) in [6, 6.07) is 12.0. The van der Waals surface area contributed by atoms with Crippen LogP contribution in [0.15, 0.2) is 53.7 Å². The summed E-state index contributed by atoms with van der Waals surface area (Å²) in [6.07, 6.45) is 0. The van der Waals surface area contributed by atoms with Gasteiger partial charge in [0.15, 0.2) is 11.0 Å². The molecule has 1 aromatic heterocycles. The van der Waals surface area contributed by atoms with Crippen LogP contribution in [0.3, 0.4) is 0 Å². The number of carbonyl (C=O) groups is 1. The third kappa shape index (κ3) is 4.01. The second-order valence-electron chi connectivity index (χ2n) is 5.86. The third-order valence-corrected chi connectivity index (χ3v) is 5.10. The van der Waals surface area contributed by atoms with Gasteiger partial charge >= 0.3 is 0 Å². The number of benzene rings is 2. The second-order valence-corrected chi connectivity index (χ2v) is 6.80. The lowest BCUT2D eigenvalue weighted by Crippen LogP contribution is -2.28. The maximum atomic E-state index is 14.0. The molecule has 28 heavy (non-hydrogen) atoms. The monoisotopic (exact) mass is 401 g/mol. The highest BCUT2D eigenvalue weighted by molar-refractivity contribution is 7.99. The normalized spacial score (nSPS) is 10.7. The summed E-state index contributed by atoms with van der Waals surface area (Å²) < 4.78 is 15.6. The number of halogens is 1. The Morgan fingerprint density at radius 2 is 1.89 bits per heavy atom. The molecule has 0 saturated heterocycles. The Bertz CT molecular complexity index is 1020. The van der Waals surface area contributed by atoms with E-state index in [1.165, 1.54) is 47.0 Å². The van der Waals surface area contributed by atoms with Crippen LogP contribution in [0, 0.1) is 15.9 Å². The Hall–Kier alpha value is -3.27. The van der Waals surface area contributed by atoms with E-state index in [1.807, 2.05) is 0 Å². The van der Waals surface area contributed by atoms with Crippen molar-refractivity contribution in [1.82, 2.24) is 14.8 Å². The molecule has 0 fully saturated rings. The molecular formula is C18H16FN5O3S. The Balaban J connectivity index is 1.68. The maximum Gasteiger partial charge on any atom is 0.269 e. The molecule has 3 rings (SSSR count). The number of anilines is 1. The number of nitrogens with zero attached hydrogens (tertiary/aromatic N) is 5. The van der Waals surface area contributed by atoms with E-state index in [-0.39, 0.29) is 17.3 Å². The molecule has 0 aliphatic heterocycles. The van der Waals surface area contributed by atoms with Gasteiger partial charge in [-0.2, -0.15) is 0 Å². The fraction of sp³-hybridized carbons (Fsp3) is 0.167. The van der Waals surface area contributed by atoms with Crippen molar-refractivity contribution in [1.29, 1.82) is 0 Å². The van der Waals surface area contributed by atoms with Crippen LogP contribution in [0.5, 0.6) is 0 Å². The van der Waals surface area contributed by atoms with Gasteiger partial charge < -0.3 is 9.47 Å². The predicted octanol–water partition coefficient (Wildman–Crippen LogP) is 3.28. The Kier molecular flexibility index (Phi) is 5.69. The van der Waals surface area contributed by atoms with Gasteiger partial charge in [-0.25, -0.2) is 4.39 Å². The number of rotatable bonds is 6. The summed E-state index contributed by atoms with van der Waals surface area (Å²) in [5.74, 6) is -0.161. The van der Waals surface area contributed by atoms with Gasteiger partial charge in [-0.15, -0.1) is 10.2 Å². The first-order valence-corrected chi connectivity index (χ1v) is 9.15. The average molecular weight is 401 g/mol. The molecule has 1 amide bonds. The van der Waals surface area contributed by atoms with Gasteiger partial charge in [0, 0.05) is 31.9 Å². The van der Waals surface area contributed by atoms with Crippen molar-refractivity contribution in [3.8, 4) is 11.4 Å². The first-order chi connectivity index (χ1) is 13.4. The van der Waals surface area contributed by atoms with Crippen LogP contribution in [0.25, 0.3) is 11.4 Å². The lowest BCUT2D eigenvalue weighted by atomic mass is 10.2. The van der Waals surface area contributed by atoms with Crippen LogP contribution in [0.4, 0.5) is 15.8 Å². The standard InChI is InChI=1S/C18H16FN5O3S/c1-22(12-7-9-13(10-8-12)24(26)27)16(25)11-28-18-21-20-17(23(18)2)14-5-3-4-6-15(14)19/h3-10H,11H2,1-2H3. The molecule has 0 radical (unpaired) electrons. The summed E-state index contributed by atoms with van der Waals surface area (Å²) in [4.78, 5) is 24.1. The van der Waals surface area contributed by atoms with E-state index in [2.05, 4.69) is 10.2 Å². The Labute approximate surface area is 164 Å². The lowest BCUT2D eigenvalue weighted by Gasteiger charge is -2.16. The maximum absolute atomic E-state index is 14.0. The number of thioether (sulfide) groups is 1. The van der Waals surface area contributed by atoms with Crippen LogP contribution in [-0.4, -0.2) is 38.4 Å². The number of hydrogen-bond donors (Lipinski definition) is 0. The number of nitro benzene ring substituents is 1. The van der Waals surface area contributed by atoms with Crippen LogP contribution in [-0.2, 0) is 11.8 Å². The average Bonchev–Trinajstić information content (AvgIpc) is 3.06. The van der Waals surface area contributed by atoms with Gasteiger partial charge in [0.05, 0.1) is 16.2 Å². The molecular weight excluding hydrogens is 385 g/mol. The van der Waals surface area contributed by atoms with Gasteiger partial charge in [0.2, 0.25) is 5.91 Å². The molecule has 0 atom stereocenters. The number of non-ortho nitro benzene ring substituents is 1. The SMILES string of the molecule is CN(C(=O)CSc1nnc(-c2ccccc2F)n1C)c1ccc([N+](=O)[O-])cc1. The van der Waals surface area contributed by atoms with E-state index in [1.54, 1.807) is 36.9 Å². The zero-order valence-corrected chi connectivity index (χ0v) is 15.9. The quantitative estimate of drug-likeness (QED) is 0.357. The van der Waals surface area contributed by atoms with Gasteiger partial charge in [-0.05, 0) is 24.3 Å². The molecule has 0 aliphatic carbocycles. The van der Waals surface area contributed by atoms with Crippen molar-refractivity contribution in [2.24, 2.45) is 7.05 Å². The smallest absolute Gasteiger partial charge is 0.269 e. The Morgan fingerprint density at radius 3 is 2.54 bits per heavy atom. The molecule has 0 N–H and O–H groups in total. The predicted molar refractivity (Wildman–Crippen MR) is 104 cm³/mol. The molecule has 0 unspecified atom stereocenters. The third-order valence-electron chi connectivity index (χ3n) is 4.10. The Morgan fingerprint density at radius 1 is 1.21 bits per heavy atom. The van der Waals surface area contributed by atoms with Gasteiger partial charge in [-0.3, -0.25) is 14.9 Å². The molecule has 0 spiro atoms. The zero-order valence-electron chi connectivity index (χ0n) is 15.1. The van der Waals surface area contributed by atoms with E-state index >= 15 is 0 Å². The molecule has 0 saturated carbocycles. The van der Waals surface area contributed by atoms with Crippen molar-refractivity contribution < 1.29 is 14.1 Å². The summed E-state index contributed by atoms with van der Waals surface area (Å²) in [7, 11) is 3.29. The summed E-state index contributed by atoms with van der Waals surface area (Å²) in [6.45, 7) is 0. The molecule has 1 heterocycles. The number of aromatic nitrogens is 3. The molecule has 2 aromatic carbocycles. The van der Waals surface area contributed by atoms with E-state index in [0.717, 1.165) is 0 Å². The molecule has 10 heteroatoms. The van der Waals surface area contributed by atoms with E-state index in [9.17, 15) is 19.3 Å². The molecule has 0 aliphatic rings. The highest BCUT2D eigenvalue weighted by Gasteiger charge is 2.17. The zero-order chi connectivity index (χ0) is 20.3. The summed E-state index contributed by atoms with van der Waals surface area (Å²) in [5, 5.41) is 19.2. The number of nitro groups is 1. The van der Waals surface area contributed by atoms with E-state index < -0.39 is 10.7 Å². The second kappa shape index (κ2) is 8.17. The number of carbonyl (C=O) groups excluding carboxylic acids is 1. The van der Waals surface area contributed by atoms with Gasteiger partial charge in [0.25, 0.3) is 5.69 Å². The minimum atomic E-state index is -0.497. The van der Waals surface area contributed by atoms with Gasteiger partial charge in [0.1, 0.15) is 5.82 Å². The van der Waals surface area contributed by atoms with Crippen LogP contribution >= 0.6 is 11.8 Å². The van der Waals surface area contributed by atoms with E-state index in [4.69, 9.17) is 0 Å². The molecule has 3 aromatic rings. The largest absolute Gasteiger partial charge is 0.315 e. The van der Waals surface area contributed by atoms with Crippen molar-refractivity contribution in [2.75, 3.05) is 17.7 Å². The first kappa shape index (κ1) is 19.5. The lowest BCUT2D eigenvalue weighted by molar-refractivity contribution is -0.384. The molecule has 0 bridgehead atoms. The summed E-state index contributed by atoms with van der Waals surface area (Å²) in [5.41, 5.74) is 0.832. The highest BCUT2D eigenvalue weighted by Crippen LogP contribution is 2.25. The van der Waals surface area contributed by atoms with Crippen LogP contribution < -0.4 is 4.90 Å². The number of hydrogen-bond acceptors (Lipinski definition) is 6. The molecule has 8 nitrogen and oxygen atoms in total. The molecule has 144 valence electrons. The van der Waals surface area contributed by atoms with Crippen molar-refractivity contribution >= 4 is 29.0 Å². The van der Waals surface area contributed by atoms with Crippen molar-refractivity contribution in [2.45, 2.75) is 5.16 Å². The minimum Gasteiger partial charge on any atom is -0.315 e. The summed E-state index contributed by atoms with van der Waals surface area (Å²) >= 11 is 1.18.